The third-order valence-electron chi connectivity index (χ3n) is 4.25. The number of nitrogens with zero attached hydrogens (tertiary/aromatic N) is 2. The van der Waals surface area contributed by atoms with E-state index in [1.54, 1.807) is 73.4 Å². The molecule has 0 bridgehead atoms. The molecule has 28 heavy (non-hydrogen) atoms. The van der Waals surface area contributed by atoms with Crippen molar-refractivity contribution in [1.29, 1.82) is 0 Å². The molecule has 1 N–H and O–H groups in total. The lowest BCUT2D eigenvalue weighted by Gasteiger charge is -2.16. The molecule has 1 amide bonds. The van der Waals surface area contributed by atoms with Crippen LogP contribution in [0.25, 0.3) is 0 Å². The maximum absolute atomic E-state index is 12.4. The topological polar surface area (TPSA) is 73.2 Å². The van der Waals surface area contributed by atoms with Crippen LogP contribution in [0.5, 0.6) is 5.75 Å². The molecule has 0 saturated heterocycles. The van der Waals surface area contributed by atoms with Gasteiger partial charge in [-0.3, -0.25) is 9.59 Å². The predicted octanol–water partition coefficient (Wildman–Crippen LogP) is 4.02. The number of ketones is 1. The molecule has 0 aliphatic heterocycles. The number of amides is 1. The highest BCUT2D eigenvalue weighted by Gasteiger charge is 2.17. The zero-order valence-electron chi connectivity index (χ0n) is 15.8. The van der Waals surface area contributed by atoms with Crippen molar-refractivity contribution in [2.45, 2.75) is 20.0 Å². The van der Waals surface area contributed by atoms with E-state index >= 15 is 0 Å². The van der Waals surface area contributed by atoms with E-state index in [1.807, 2.05) is 6.92 Å². The van der Waals surface area contributed by atoms with E-state index < -0.39 is 6.10 Å². The number of aromatic nitrogens is 2. The summed E-state index contributed by atoms with van der Waals surface area (Å²) in [5.41, 5.74) is 1.92. The van der Waals surface area contributed by atoms with Crippen molar-refractivity contribution < 1.29 is 14.3 Å². The average Bonchev–Trinajstić information content (AvgIpc) is 3.10. The number of rotatable bonds is 6. The monoisotopic (exact) mass is 397 g/mol. The van der Waals surface area contributed by atoms with Crippen LogP contribution in [0.4, 0.5) is 5.69 Å². The number of anilines is 1. The first-order valence-corrected chi connectivity index (χ1v) is 9.08. The highest BCUT2D eigenvalue weighted by atomic mass is 35.5. The molecule has 0 aliphatic carbocycles. The molecule has 0 spiro atoms. The van der Waals surface area contributed by atoms with Crippen LogP contribution < -0.4 is 10.1 Å². The molecule has 0 fully saturated rings. The Morgan fingerprint density at radius 2 is 1.89 bits per heavy atom. The summed E-state index contributed by atoms with van der Waals surface area (Å²) in [7, 11) is 1.76. The van der Waals surface area contributed by atoms with Gasteiger partial charge in [0.05, 0.1) is 0 Å². The number of benzene rings is 2. The van der Waals surface area contributed by atoms with Crippen molar-refractivity contribution in [2.24, 2.45) is 7.05 Å². The van der Waals surface area contributed by atoms with Gasteiger partial charge < -0.3 is 14.6 Å². The lowest BCUT2D eigenvalue weighted by molar-refractivity contribution is -0.122. The molecular formula is C21H20ClN3O3. The number of aryl methyl sites for hydroxylation is 2. The normalized spacial score (nSPS) is 11.7. The summed E-state index contributed by atoms with van der Waals surface area (Å²) in [6.07, 6.45) is 2.59. The third-order valence-corrected chi connectivity index (χ3v) is 4.48. The molecule has 3 aromatic rings. The highest BCUT2D eigenvalue weighted by Crippen LogP contribution is 2.23. The maximum Gasteiger partial charge on any atom is 0.265 e. The van der Waals surface area contributed by atoms with Crippen molar-refractivity contribution in [3.63, 3.8) is 0 Å². The fourth-order valence-corrected chi connectivity index (χ4v) is 2.88. The van der Waals surface area contributed by atoms with Gasteiger partial charge in [0, 0.05) is 35.7 Å². The number of imidazole rings is 1. The summed E-state index contributed by atoms with van der Waals surface area (Å²) in [6.45, 7) is 3.53. The van der Waals surface area contributed by atoms with Crippen molar-refractivity contribution in [1.82, 2.24) is 9.55 Å². The van der Waals surface area contributed by atoms with E-state index in [4.69, 9.17) is 16.3 Å². The molecule has 6 nitrogen and oxygen atoms in total. The van der Waals surface area contributed by atoms with E-state index in [-0.39, 0.29) is 11.7 Å². The molecule has 1 aromatic heterocycles. The second-order valence-electron chi connectivity index (χ2n) is 6.43. The second kappa shape index (κ2) is 8.27. The predicted molar refractivity (Wildman–Crippen MR) is 108 cm³/mol. The van der Waals surface area contributed by atoms with Gasteiger partial charge in [-0.25, -0.2) is 4.98 Å². The SMILES string of the molecule is Cc1cc(Cl)ccc1O[C@@H](C)C(=O)Nc1ccc(C(=O)c2nccn2C)cc1. The Balaban J connectivity index is 1.64. The molecule has 144 valence electrons. The van der Waals surface area contributed by atoms with Gasteiger partial charge in [0.2, 0.25) is 5.78 Å². The molecule has 3 rings (SSSR count). The molecule has 7 heteroatoms. The lowest BCUT2D eigenvalue weighted by Crippen LogP contribution is -2.30. The van der Waals surface area contributed by atoms with Gasteiger partial charge in [0.15, 0.2) is 11.9 Å². The highest BCUT2D eigenvalue weighted by molar-refractivity contribution is 6.30. The van der Waals surface area contributed by atoms with Crippen LogP contribution in [0.2, 0.25) is 5.02 Å². The number of nitrogens with one attached hydrogen (secondary N) is 1. The van der Waals surface area contributed by atoms with E-state index in [0.29, 0.717) is 27.8 Å². The Hall–Kier alpha value is -3.12. The van der Waals surface area contributed by atoms with E-state index in [0.717, 1.165) is 5.56 Å². The number of hydrogen-bond acceptors (Lipinski definition) is 4. The number of hydrogen-bond donors (Lipinski definition) is 1. The van der Waals surface area contributed by atoms with Crippen molar-refractivity contribution in [2.75, 3.05) is 5.32 Å². The summed E-state index contributed by atoms with van der Waals surface area (Å²) in [4.78, 5) is 28.9. The Bertz CT molecular complexity index is 1010. The number of carbonyl (C=O) groups is 2. The largest absolute Gasteiger partial charge is 0.481 e. The molecule has 0 unspecified atom stereocenters. The van der Waals surface area contributed by atoms with Crippen LogP contribution in [0.15, 0.2) is 54.9 Å². The maximum atomic E-state index is 12.4. The summed E-state index contributed by atoms with van der Waals surface area (Å²) in [5.74, 6) is 0.484. The first kappa shape index (κ1) is 19.6. The van der Waals surface area contributed by atoms with Crippen molar-refractivity contribution >= 4 is 29.0 Å². The number of halogens is 1. The first-order chi connectivity index (χ1) is 13.3. The zero-order valence-corrected chi connectivity index (χ0v) is 16.5. The second-order valence-corrected chi connectivity index (χ2v) is 6.86. The first-order valence-electron chi connectivity index (χ1n) is 8.71. The standard InChI is InChI=1S/C21H20ClN3O3/c1-13-12-16(22)6-9-18(13)28-14(2)21(27)24-17-7-4-15(5-8-17)19(26)20-23-10-11-25(20)3/h4-12,14H,1-3H3,(H,24,27)/t14-/m0/s1. The Morgan fingerprint density at radius 3 is 2.50 bits per heavy atom. The minimum atomic E-state index is -0.700. The van der Waals surface area contributed by atoms with Gasteiger partial charge in [-0.05, 0) is 61.9 Å². The summed E-state index contributed by atoms with van der Waals surface area (Å²) < 4.78 is 7.38. The summed E-state index contributed by atoms with van der Waals surface area (Å²) in [5, 5.41) is 3.40. The zero-order chi connectivity index (χ0) is 20.3. The van der Waals surface area contributed by atoms with E-state index in [2.05, 4.69) is 10.3 Å². The smallest absolute Gasteiger partial charge is 0.265 e. The lowest BCUT2D eigenvalue weighted by atomic mass is 10.1. The van der Waals surface area contributed by atoms with Gasteiger partial charge in [-0.1, -0.05) is 11.6 Å². The van der Waals surface area contributed by atoms with Gasteiger partial charge in [-0.15, -0.1) is 0 Å². The van der Waals surface area contributed by atoms with Gasteiger partial charge >= 0.3 is 0 Å². The molecule has 0 saturated carbocycles. The molecule has 2 aromatic carbocycles. The van der Waals surface area contributed by atoms with Crippen LogP contribution in [-0.2, 0) is 11.8 Å². The van der Waals surface area contributed by atoms with Crippen molar-refractivity contribution in [3.05, 3.63) is 76.8 Å². The average molecular weight is 398 g/mol. The summed E-state index contributed by atoms with van der Waals surface area (Å²) >= 11 is 5.94. The fourth-order valence-electron chi connectivity index (χ4n) is 2.65. The van der Waals surface area contributed by atoms with Crippen LogP contribution in [0.3, 0.4) is 0 Å². The van der Waals surface area contributed by atoms with Crippen LogP contribution >= 0.6 is 11.6 Å². The number of carbonyl (C=O) groups excluding carboxylic acids is 2. The van der Waals surface area contributed by atoms with Gasteiger partial charge in [-0.2, -0.15) is 0 Å². The summed E-state index contributed by atoms with van der Waals surface area (Å²) in [6, 6.07) is 11.9. The molecular weight excluding hydrogens is 378 g/mol. The van der Waals surface area contributed by atoms with Gasteiger partial charge in [0.1, 0.15) is 5.75 Å². The molecule has 0 aliphatic rings. The molecule has 0 radical (unpaired) electrons. The quantitative estimate of drug-likeness (QED) is 0.637. The minimum absolute atomic E-state index is 0.180. The molecule has 1 heterocycles. The number of ether oxygens (including phenoxy) is 1. The van der Waals surface area contributed by atoms with E-state index in [9.17, 15) is 9.59 Å². The van der Waals surface area contributed by atoms with Crippen LogP contribution in [-0.4, -0.2) is 27.3 Å². The Labute approximate surface area is 168 Å². The van der Waals surface area contributed by atoms with Gasteiger partial charge in [0.25, 0.3) is 5.91 Å². The Morgan fingerprint density at radius 1 is 1.18 bits per heavy atom. The molecule has 1 atom stereocenters. The fraction of sp³-hybridized carbons (Fsp3) is 0.190. The van der Waals surface area contributed by atoms with Crippen molar-refractivity contribution in [3.8, 4) is 5.75 Å². The van der Waals surface area contributed by atoms with E-state index in [1.165, 1.54) is 0 Å². The third kappa shape index (κ3) is 4.40. The Kier molecular flexibility index (Phi) is 5.80. The minimum Gasteiger partial charge on any atom is -0.481 e. The van der Waals surface area contributed by atoms with Crippen LogP contribution in [0, 0.1) is 6.92 Å². The van der Waals surface area contributed by atoms with Crippen LogP contribution in [0.1, 0.15) is 28.7 Å².